The van der Waals surface area contributed by atoms with Gasteiger partial charge in [0.1, 0.15) is 0 Å². The van der Waals surface area contributed by atoms with E-state index in [0.717, 1.165) is 16.3 Å². The molecule has 4 nitrogen and oxygen atoms in total. The van der Waals surface area contributed by atoms with Crippen LogP contribution in [-0.2, 0) is 9.59 Å². The number of rotatable bonds is 4. The van der Waals surface area contributed by atoms with Gasteiger partial charge in [-0.3, -0.25) is 9.59 Å². The van der Waals surface area contributed by atoms with Crippen molar-refractivity contribution < 1.29 is 14.7 Å². The molecule has 96 valence electrons. The Morgan fingerprint density at radius 1 is 1.11 bits per heavy atom. The highest BCUT2D eigenvalue weighted by Crippen LogP contribution is 2.18. The summed E-state index contributed by atoms with van der Waals surface area (Å²) in [4.78, 5) is 21.9. The van der Waals surface area contributed by atoms with Gasteiger partial charge in [0.2, 0.25) is 5.91 Å². The van der Waals surface area contributed by atoms with Gasteiger partial charge >= 0.3 is 5.97 Å². The summed E-state index contributed by atoms with van der Waals surface area (Å²) in [5, 5.41) is 10.8. The smallest absolute Gasteiger partial charge is 0.308 e. The summed E-state index contributed by atoms with van der Waals surface area (Å²) < 4.78 is 0. The Kier molecular flexibility index (Phi) is 3.61. The van der Waals surface area contributed by atoms with E-state index in [0.29, 0.717) is 0 Å². The second-order valence-electron chi connectivity index (χ2n) is 4.21. The average Bonchev–Trinajstić information content (AvgIpc) is 2.37. The zero-order chi connectivity index (χ0) is 13.8. The number of primary amides is 1. The first-order valence-corrected chi connectivity index (χ1v) is 5.77. The van der Waals surface area contributed by atoms with Crippen molar-refractivity contribution in [2.24, 2.45) is 5.73 Å². The van der Waals surface area contributed by atoms with Gasteiger partial charge in [0.15, 0.2) is 0 Å². The van der Waals surface area contributed by atoms with E-state index in [1.807, 2.05) is 42.5 Å². The van der Waals surface area contributed by atoms with Crippen LogP contribution < -0.4 is 5.73 Å². The van der Waals surface area contributed by atoms with Gasteiger partial charge in [-0.2, -0.15) is 0 Å². The fourth-order valence-electron chi connectivity index (χ4n) is 1.87. The number of nitrogens with two attached hydrogens (primary N) is 1. The molecule has 1 amide bonds. The molecule has 2 aromatic rings. The fourth-order valence-corrected chi connectivity index (χ4v) is 1.87. The molecule has 0 aliphatic carbocycles. The number of aliphatic carboxylic acids is 1. The lowest BCUT2D eigenvalue weighted by atomic mass is 10.0. The van der Waals surface area contributed by atoms with Crippen LogP contribution in [0.5, 0.6) is 0 Å². The van der Waals surface area contributed by atoms with Crippen LogP contribution >= 0.6 is 0 Å². The highest BCUT2D eigenvalue weighted by molar-refractivity contribution is 6.00. The molecule has 2 rings (SSSR count). The Bertz CT molecular complexity index is 674. The second-order valence-corrected chi connectivity index (χ2v) is 4.21. The van der Waals surface area contributed by atoms with Crippen LogP contribution in [0.3, 0.4) is 0 Å². The van der Waals surface area contributed by atoms with Crippen molar-refractivity contribution in [3.63, 3.8) is 0 Å². The number of carboxylic acids is 1. The first-order chi connectivity index (χ1) is 9.06. The largest absolute Gasteiger partial charge is 0.481 e. The Labute approximate surface area is 110 Å². The summed E-state index contributed by atoms with van der Waals surface area (Å²) in [5.74, 6) is -1.79. The van der Waals surface area contributed by atoms with E-state index in [1.54, 1.807) is 0 Å². The Morgan fingerprint density at radius 2 is 1.79 bits per heavy atom. The molecule has 0 fully saturated rings. The van der Waals surface area contributed by atoms with Crippen LogP contribution in [0.25, 0.3) is 16.8 Å². The van der Waals surface area contributed by atoms with Crippen LogP contribution in [0.15, 0.2) is 48.0 Å². The van der Waals surface area contributed by atoms with Crippen LogP contribution in [-0.4, -0.2) is 17.0 Å². The lowest BCUT2D eigenvalue weighted by Gasteiger charge is -2.02. The topological polar surface area (TPSA) is 80.4 Å². The molecule has 0 spiro atoms. The number of benzene rings is 2. The summed E-state index contributed by atoms with van der Waals surface area (Å²) in [7, 11) is 0. The highest BCUT2D eigenvalue weighted by atomic mass is 16.4. The van der Waals surface area contributed by atoms with E-state index in [9.17, 15) is 9.59 Å². The number of amides is 1. The maximum absolute atomic E-state index is 11.2. The van der Waals surface area contributed by atoms with E-state index in [4.69, 9.17) is 10.8 Å². The van der Waals surface area contributed by atoms with Crippen molar-refractivity contribution in [2.45, 2.75) is 6.42 Å². The number of carbonyl (C=O) groups is 2. The molecular formula is C15H13NO3. The lowest BCUT2D eigenvalue weighted by molar-refractivity contribution is -0.136. The third-order valence-corrected chi connectivity index (χ3v) is 2.77. The highest BCUT2D eigenvalue weighted by Gasteiger charge is 2.09. The SMILES string of the molecule is NC(=O)C(=Cc1ccc2ccccc2c1)CC(=O)O. The minimum Gasteiger partial charge on any atom is -0.481 e. The van der Waals surface area contributed by atoms with E-state index >= 15 is 0 Å². The minimum absolute atomic E-state index is 0.0859. The molecule has 0 bridgehead atoms. The van der Waals surface area contributed by atoms with Gasteiger partial charge in [-0.15, -0.1) is 0 Å². The zero-order valence-corrected chi connectivity index (χ0v) is 10.2. The van der Waals surface area contributed by atoms with Crippen LogP contribution in [0.4, 0.5) is 0 Å². The van der Waals surface area contributed by atoms with Crippen molar-refractivity contribution in [3.05, 3.63) is 53.6 Å². The van der Waals surface area contributed by atoms with Crippen LogP contribution in [0, 0.1) is 0 Å². The van der Waals surface area contributed by atoms with E-state index in [1.165, 1.54) is 6.08 Å². The van der Waals surface area contributed by atoms with Crippen molar-refractivity contribution >= 4 is 28.7 Å². The average molecular weight is 255 g/mol. The number of hydrogen-bond acceptors (Lipinski definition) is 2. The first-order valence-electron chi connectivity index (χ1n) is 5.77. The number of fused-ring (bicyclic) bond motifs is 1. The molecule has 2 aromatic carbocycles. The van der Waals surface area contributed by atoms with Crippen LogP contribution in [0.2, 0.25) is 0 Å². The molecule has 0 heterocycles. The molecule has 0 saturated heterocycles. The predicted octanol–water partition coefficient (Wildman–Crippen LogP) is 2.18. The summed E-state index contributed by atoms with van der Waals surface area (Å²) >= 11 is 0. The first kappa shape index (κ1) is 12.8. The van der Waals surface area contributed by atoms with Crippen molar-refractivity contribution in [3.8, 4) is 0 Å². The maximum atomic E-state index is 11.2. The van der Waals surface area contributed by atoms with E-state index in [-0.39, 0.29) is 12.0 Å². The van der Waals surface area contributed by atoms with Gasteiger partial charge < -0.3 is 10.8 Å². The molecule has 19 heavy (non-hydrogen) atoms. The molecule has 4 heteroatoms. The van der Waals surface area contributed by atoms with Crippen molar-refractivity contribution in [1.29, 1.82) is 0 Å². The molecular weight excluding hydrogens is 242 g/mol. The fraction of sp³-hybridized carbons (Fsp3) is 0.0667. The summed E-state index contributed by atoms with van der Waals surface area (Å²) in [6.45, 7) is 0. The van der Waals surface area contributed by atoms with Crippen molar-refractivity contribution in [2.75, 3.05) is 0 Å². The Morgan fingerprint density at radius 3 is 2.42 bits per heavy atom. The van der Waals surface area contributed by atoms with Gasteiger partial charge in [-0.25, -0.2) is 0 Å². The van der Waals surface area contributed by atoms with Gasteiger partial charge in [-0.05, 0) is 28.5 Å². The molecule has 3 N–H and O–H groups in total. The molecule has 0 radical (unpaired) electrons. The molecule has 0 aromatic heterocycles. The van der Waals surface area contributed by atoms with Crippen LogP contribution in [0.1, 0.15) is 12.0 Å². The van der Waals surface area contributed by atoms with Crippen molar-refractivity contribution in [1.82, 2.24) is 0 Å². The minimum atomic E-state index is -1.08. The predicted molar refractivity (Wildman–Crippen MR) is 73.4 cm³/mol. The van der Waals surface area contributed by atoms with Gasteiger partial charge in [-0.1, -0.05) is 36.4 Å². The second kappa shape index (κ2) is 5.35. The lowest BCUT2D eigenvalue weighted by Crippen LogP contribution is -2.16. The molecule has 0 atom stereocenters. The Balaban J connectivity index is 2.42. The standard InChI is InChI=1S/C15H13NO3/c16-15(19)13(9-14(17)18)8-10-5-6-11-3-1-2-4-12(11)7-10/h1-8H,9H2,(H2,16,19)(H,17,18). The van der Waals surface area contributed by atoms with E-state index in [2.05, 4.69) is 0 Å². The quantitative estimate of drug-likeness (QED) is 0.822. The third kappa shape index (κ3) is 3.19. The summed E-state index contributed by atoms with van der Waals surface area (Å²) in [5.41, 5.74) is 6.02. The van der Waals surface area contributed by atoms with E-state index < -0.39 is 11.9 Å². The number of hydrogen-bond donors (Lipinski definition) is 2. The molecule has 0 unspecified atom stereocenters. The summed E-state index contributed by atoms with van der Waals surface area (Å²) in [6, 6.07) is 13.4. The summed E-state index contributed by atoms with van der Waals surface area (Å²) in [6.07, 6.45) is 1.14. The zero-order valence-electron chi connectivity index (χ0n) is 10.2. The number of carboxylic acid groups (broad SMARTS) is 1. The molecule has 0 saturated carbocycles. The monoisotopic (exact) mass is 255 g/mol. The molecule has 0 aliphatic rings. The van der Waals surface area contributed by atoms with Gasteiger partial charge in [0, 0.05) is 5.57 Å². The third-order valence-electron chi connectivity index (χ3n) is 2.77. The maximum Gasteiger partial charge on any atom is 0.308 e. The Hall–Kier alpha value is -2.62. The van der Waals surface area contributed by atoms with Gasteiger partial charge in [0.05, 0.1) is 6.42 Å². The number of carbonyl (C=O) groups excluding carboxylic acids is 1. The van der Waals surface area contributed by atoms with Gasteiger partial charge in [0.25, 0.3) is 0 Å². The normalized spacial score (nSPS) is 11.5. The molecule has 0 aliphatic heterocycles.